The molecule has 29 heavy (non-hydrogen) atoms. The van der Waals surface area contributed by atoms with E-state index >= 15 is 0 Å². The normalized spacial score (nSPS) is 18.8. The van der Waals surface area contributed by atoms with Crippen molar-refractivity contribution in [1.82, 2.24) is 14.3 Å². The average Bonchev–Trinajstić information content (AvgIpc) is 2.74. The van der Waals surface area contributed by atoms with Crippen LogP contribution in [0.2, 0.25) is 0 Å². The average molecular weight is 425 g/mol. The summed E-state index contributed by atoms with van der Waals surface area (Å²) in [6, 6.07) is 4.27. The Labute approximate surface area is 167 Å². The van der Waals surface area contributed by atoms with E-state index in [4.69, 9.17) is 4.74 Å². The van der Waals surface area contributed by atoms with Gasteiger partial charge in [0.1, 0.15) is 22.3 Å². The molecule has 0 N–H and O–H groups in total. The number of benzene rings is 1. The molecular formula is C18H21F2N5O3S. The van der Waals surface area contributed by atoms with Gasteiger partial charge in [-0.1, -0.05) is 0 Å². The summed E-state index contributed by atoms with van der Waals surface area (Å²) in [6.07, 6.45) is 1.68. The highest BCUT2D eigenvalue weighted by atomic mass is 32.2. The van der Waals surface area contributed by atoms with Crippen LogP contribution in [0, 0.1) is 11.6 Å². The highest BCUT2D eigenvalue weighted by Gasteiger charge is 2.31. The van der Waals surface area contributed by atoms with Crippen molar-refractivity contribution in [1.29, 1.82) is 0 Å². The number of ether oxygens (including phenoxy) is 1. The number of nitrogens with zero attached hydrogens (tertiary/aromatic N) is 5. The second-order valence-corrected chi connectivity index (χ2v) is 8.69. The fourth-order valence-corrected chi connectivity index (χ4v) is 4.88. The molecule has 0 amide bonds. The van der Waals surface area contributed by atoms with Crippen LogP contribution in [0.3, 0.4) is 0 Å². The van der Waals surface area contributed by atoms with Crippen molar-refractivity contribution in [3.8, 4) is 0 Å². The minimum absolute atomic E-state index is 0.177. The molecule has 2 aliphatic rings. The minimum Gasteiger partial charge on any atom is -0.378 e. The SMILES string of the molecule is O=S(=O)(c1ccc(F)cc1F)N1CCN(c2ccnc(N3CCOCC3)n2)CC1. The predicted molar refractivity (Wildman–Crippen MR) is 102 cm³/mol. The number of hydrogen-bond acceptors (Lipinski definition) is 7. The molecule has 0 spiro atoms. The minimum atomic E-state index is -4.03. The Morgan fingerprint density at radius 3 is 2.34 bits per heavy atom. The van der Waals surface area contributed by atoms with Crippen molar-refractivity contribution >= 4 is 21.8 Å². The number of rotatable bonds is 4. The standard InChI is InChI=1S/C18H21F2N5O3S/c19-14-1-2-16(15(20)13-14)29(26,27)25-7-5-23(6-8-25)17-3-4-21-18(22-17)24-9-11-28-12-10-24/h1-4,13H,5-12H2. The molecule has 0 bridgehead atoms. The summed E-state index contributed by atoms with van der Waals surface area (Å²) in [5, 5.41) is 0. The molecule has 3 heterocycles. The first-order chi connectivity index (χ1) is 13.9. The summed E-state index contributed by atoms with van der Waals surface area (Å²) in [6.45, 7) is 3.86. The van der Waals surface area contributed by atoms with Crippen molar-refractivity contribution in [2.45, 2.75) is 4.90 Å². The van der Waals surface area contributed by atoms with E-state index in [0.29, 0.717) is 44.1 Å². The van der Waals surface area contributed by atoms with Gasteiger partial charge in [0.2, 0.25) is 16.0 Å². The molecule has 11 heteroatoms. The molecule has 156 valence electrons. The van der Waals surface area contributed by atoms with Crippen molar-refractivity contribution in [2.75, 3.05) is 62.3 Å². The zero-order valence-electron chi connectivity index (χ0n) is 15.7. The topological polar surface area (TPSA) is 78.9 Å². The van der Waals surface area contributed by atoms with Crippen LogP contribution < -0.4 is 9.80 Å². The molecule has 0 unspecified atom stereocenters. The summed E-state index contributed by atoms with van der Waals surface area (Å²) >= 11 is 0. The van der Waals surface area contributed by atoms with Crippen LogP contribution in [0.1, 0.15) is 0 Å². The highest BCUT2D eigenvalue weighted by molar-refractivity contribution is 7.89. The number of morpholine rings is 1. The Bertz CT molecular complexity index is 977. The number of halogens is 2. The first-order valence-corrected chi connectivity index (χ1v) is 10.7. The molecule has 0 aliphatic carbocycles. The highest BCUT2D eigenvalue weighted by Crippen LogP contribution is 2.23. The van der Waals surface area contributed by atoms with Gasteiger partial charge in [-0.15, -0.1) is 0 Å². The monoisotopic (exact) mass is 425 g/mol. The Hall–Kier alpha value is -2.37. The van der Waals surface area contributed by atoms with Crippen LogP contribution in [0.5, 0.6) is 0 Å². The Kier molecular flexibility index (Phi) is 5.61. The molecule has 8 nitrogen and oxygen atoms in total. The second-order valence-electron chi connectivity index (χ2n) is 6.78. The first-order valence-electron chi connectivity index (χ1n) is 9.31. The molecule has 4 rings (SSSR count). The molecule has 2 saturated heterocycles. The van der Waals surface area contributed by atoms with E-state index in [9.17, 15) is 17.2 Å². The van der Waals surface area contributed by atoms with E-state index in [0.717, 1.165) is 25.2 Å². The maximum absolute atomic E-state index is 14.0. The maximum Gasteiger partial charge on any atom is 0.246 e. The second kappa shape index (κ2) is 8.17. The van der Waals surface area contributed by atoms with Gasteiger partial charge in [-0.05, 0) is 18.2 Å². The summed E-state index contributed by atoms with van der Waals surface area (Å²) in [7, 11) is -4.03. The number of aromatic nitrogens is 2. The van der Waals surface area contributed by atoms with Crippen LogP contribution in [-0.2, 0) is 14.8 Å². The Morgan fingerprint density at radius 2 is 1.66 bits per heavy atom. The van der Waals surface area contributed by atoms with E-state index in [1.807, 2.05) is 9.80 Å². The number of piperazine rings is 1. The number of hydrogen-bond donors (Lipinski definition) is 0. The van der Waals surface area contributed by atoms with Gasteiger partial charge in [-0.25, -0.2) is 22.2 Å². The largest absolute Gasteiger partial charge is 0.378 e. The van der Waals surface area contributed by atoms with Gasteiger partial charge in [0.25, 0.3) is 0 Å². The van der Waals surface area contributed by atoms with Gasteiger partial charge < -0.3 is 14.5 Å². The Morgan fingerprint density at radius 1 is 0.931 bits per heavy atom. The molecule has 2 aliphatic heterocycles. The summed E-state index contributed by atoms with van der Waals surface area (Å²) in [4.78, 5) is 12.4. The molecule has 0 saturated carbocycles. The quantitative estimate of drug-likeness (QED) is 0.726. The van der Waals surface area contributed by atoms with Crippen molar-refractivity contribution in [3.05, 3.63) is 42.1 Å². The van der Waals surface area contributed by atoms with Gasteiger partial charge in [-0.3, -0.25) is 0 Å². The number of sulfonamides is 1. The summed E-state index contributed by atoms with van der Waals surface area (Å²) in [5.41, 5.74) is 0. The van der Waals surface area contributed by atoms with Crippen molar-refractivity contribution in [3.63, 3.8) is 0 Å². The Balaban J connectivity index is 1.45. The molecule has 0 radical (unpaired) electrons. The van der Waals surface area contributed by atoms with E-state index in [-0.39, 0.29) is 13.1 Å². The third kappa shape index (κ3) is 4.16. The summed E-state index contributed by atoms with van der Waals surface area (Å²) in [5.74, 6) is -0.565. The molecule has 1 aromatic carbocycles. The zero-order chi connectivity index (χ0) is 20.4. The van der Waals surface area contributed by atoms with Crippen LogP contribution >= 0.6 is 0 Å². The van der Waals surface area contributed by atoms with E-state index in [2.05, 4.69) is 9.97 Å². The van der Waals surface area contributed by atoms with Crippen molar-refractivity contribution < 1.29 is 21.9 Å². The van der Waals surface area contributed by atoms with Gasteiger partial charge in [-0.2, -0.15) is 9.29 Å². The third-order valence-corrected chi connectivity index (χ3v) is 6.93. The fraction of sp³-hybridized carbons (Fsp3) is 0.444. The first kappa shape index (κ1) is 19.9. The molecule has 2 aromatic rings. The van der Waals surface area contributed by atoms with E-state index < -0.39 is 26.6 Å². The van der Waals surface area contributed by atoms with Crippen LogP contribution in [0.25, 0.3) is 0 Å². The number of anilines is 2. The lowest BCUT2D eigenvalue weighted by atomic mass is 10.3. The lowest BCUT2D eigenvalue weighted by molar-refractivity contribution is 0.122. The maximum atomic E-state index is 14.0. The van der Waals surface area contributed by atoms with Gasteiger partial charge in [0.15, 0.2) is 0 Å². The van der Waals surface area contributed by atoms with Gasteiger partial charge >= 0.3 is 0 Å². The lowest BCUT2D eigenvalue weighted by Gasteiger charge is -2.35. The predicted octanol–water partition coefficient (Wildman–Crippen LogP) is 1.10. The van der Waals surface area contributed by atoms with Gasteiger partial charge in [0, 0.05) is 51.5 Å². The molecule has 0 atom stereocenters. The molecular weight excluding hydrogens is 404 g/mol. The van der Waals surface area contributed by atoms with Crippen LogP contribution in [-0.4, -0.2) is 75.2 Å². The van der Waals surface area contributed by atoms with Gasteiger partial charge in [0.05, 0.1) is 13.2 Å². The zero-order valence-corrected chi connectivity index (χ0v) is 16.5. The molecule has 1 aromatic heterocycles. The van der Waals surface area contributed by atoms with Crippen LogP contribution in [0.15, 0.2) is 35.4 Å². The fourth-order valence-electron chi connectivity index (χ4n) is 3.41. The van der Waals surface area contributed by atoms with E-state index in [1.165, 1.54) is 4.31 Å². The van der Waals surface area contributed by atoms with Crippen molar-refractivity contribution in [2.24, 2.45) is 0 Å². The smallest absolute Gasteiger partial charge is 0.246 e. The van der Waals surface area contributed by atoms with Crippen LogP contribution in [0.4, 0.5) is 20.5 Å². The molecule has 2 fully saturated rings. The summed E-state index contributed by atoms with van der Waals surface area (Å²) < 4.78 is 59.1. The van der Waals surface area contributed by atoms with E-state index in [1.54, 1.807) is 12.3 Å². The lowest BCUT2D eigenvalue weighted by Crippen LogP contribution is -2.49. The third-order valence-electron chi connectivity index (χ3n) is 5.00.